The Morgan fingerprint density at radius 2 is 1.68 bits per heavy atom. The molecular formula is C22H20N4O5. The number of nitrogens with zero attached hydrogens (tertiary/aromatic N) is 2. The maximum atomic E-state index is 12.4. The molecule has 0 aliphatic heterocycles. The summed E-state index contributed by atoms with van der Waals surface area (Å²) in [6.07, 6.45) is 0.629. The van der Waals surface area contributed by atoms with Crippen LogP contribution >= 0.6 is 0 Å². The van der Waals surface area contributed by atoms with Crippen molar-refractivity contribution in [2.75, 3.05) is 18.5 Å². The molecule has 0 spiro atoms. The van der Waals surface area contributed by atoms with Gasteiger partial charge in [0.15, 0.2) is 5.82 Å². The molecule has 0 radical (unpaired) electrons. The number of benzene rings is 2. The van der Waals surface area contributed by atoms with E-state index in [1.165, 1.54) is 10.9 Å². The van der Waals surface area contributed by atoms with E-state index in [2.05, 4.69) is 15.7 Å². The molecule has 2 aromatic carbocycles. The molecule has 1 aliphatic rings. The first-order chi connectivity index (χ1) is 14.9. The van der Waals surface area contributed by atoms with E-state index < -0.39 is 24.5 Å². The van der Waals surface area contributed by atoms with Crippen molar-refractivity contribution >= 4 is 23.8 Å². The number of rotatable bonds is 6. The molecule has 9 nitrogen and oxygen atoms in total. The maximum absolute atomic E-state index is 12.4. The molecule has 158 valence electrons. The molecule has 3 N–H and O–H groups in total. The Hall–Kier alpha value is -4.14. The van der Waals surface area contributed by atoms with Crippen molar-refractivity contribution in [1.29, 1.82) is 0 Å². The van der Waals surface area contributed by atoms with E-state index in [1.807, 2.05) is 48.5 Å². The zero-order chi connectivity index (χ0) is 22.0. The molecule has 1 aliphatic carbocycles. The Labute approximate surface area is 177 Å². The van der Waals surface area contributed by atoms with Gasteiger partial charge in [0, 0.05) is 19.2 Å². The van der Waals surface area contributed by atoms with Gasteiger partial charge in [0.25, 0.3) is 5.91 Å². The minimum atomic E-state index is -1.18. The van der Waals surface area contributed by atoms with Crippen LogP contribution in [-0.2, 0) is 16.6 Å². The summed E-state index contributed by atoms with van der Waals surface area (Å²) in [5.41, 5.74) is 4.45. The lowest BCUT2D eigenvalue weighted by Gasteiger charge is -2.14. The average molecular weight is 420 g/mol. The normalized spacial score (nSPS) is 12.0. The lowest BCUT2D eigenvalue weighted by molar-refractivity contribution is -0.135. The number of carboxylic acid groups (broad SMARTS) is 1. The van der Waals surface area contributed by atoms with Gasteiger partial charge >= 0.3 is 12.1 Å². The zero-order valence-electron chi connectivity index (χ0n) is 16.7. The van der Waals surface area contributed by atoms with Gasteiger partial charge in [-0.2, -0.15) is 5.10 Å². The predicted octanol–water partition coefficient (Wildman–Crippen LogP) is 2.60. The van der Waals surface area contributed by atoms with Crippen LogP contribution in [0.15, 0.2) is 54.7 Å². The monoisotopic (exact) mass is 420 g/mol. The van der Waals surface area contributed by atoms with E-state index in [4.69, 9.17) is 9.84 Å². The maximum Gasteiger partial charge on any atom is 0.412 e. The number of carbonyl (C=O) groups is 3. The highest BCUT2D eigenvalue weighted by Gasteiger charge is 2.29. The van der Waals surface area contributed by atoms with Crippen LogP contribution in [0, 0.1) is 0 Å². The second-order valence-electron chi connectivity index (χ2n) is 7.09. The number of ether oxygens (including phenoxy) is 1. The Bertz CT molecular complexity index is 1120. The molecule has 0 saturated heterocycles. The van der Waals surface area contributed by atoms with Crippen LogP contribution in [0.2, 0.25) is 0 Å². The lowest BCUT2D eigenvalue weighted by atomic mass is 9.98. The molecule has 2 amide bonds. The van der Waals surface area contributed by atoms with Crippen LogP contribution in [0.1, 0.15) is 27.4 Å². The summed E-state index contributed by atoms with van der Waals surface area (Å²) in [5.74, 6) is -1.95. The number of hydrogen-bond acceptors (Lipinski definition) is 5. The lowest BCUT2D eigenvalue weighted by Crippen LogP contribution is -2.30. The molecule has 1 heterocycles. The van der Waals surface area contributed by atoms with Gasteiger partial charge in [-0.25, -0.2) is 4.79 Å². The molecule has 3 aromatic rings. The molecule has 0 bridgehead atoms. The van der Waals surface area contributed by atoms with E-state index in [9.17, 15) is 14.4 Å². The number of carbonyl (C=O) groups excluding carboxylic acids is 2. The average Bonchev–Trinajstić information content (AvgIpc) is 3.28. The van der Waals surface area contributed by atoms with Gasteiger partial charge < -0.3 is 15.2 Å². The third kappa shape index (κ3) is 4.11. The van der Waals surface area contributed by atoms with Gasteiger partial charge in [0.1, 0.15) is 18.7 Å². The standard InChI is InChI=1S/C22H20N4O5/c1-26-11-17(21(29)23-10-19(27)28)20(25-26)24-22(30)31-12-18-15-8-4-2-6-13(15)14-7-3-5-9-16(14)18/h2-9,11,18H,10,12H2,1H3,(H,23,29)(H,27,28)(H,24,25,30). The molecule has 31 heavy (non-hydrogen) atoms. The summed E-state index contributed by atoms with van der Waals surface area (Å²) in [7, 11) is 1.58. The largest absolute Gasteiger partial charge is 0.480 e. The van der Waals surface area contributed by atoms with E-state index in [1.54, 1.807) is 7.05 Å². The minimum absolute atomic E-state index is 0.0115. The van der Waals surface area contributed by atoms with Crippen molar-refractivity contribution in [3.8, 4) is 11.1 Å². The number of aryl methyl sites for hydroxylation is 1. The van der Waals surface area contributed by atoms with Crippen molar-refractivity contribution in [2.24, 2.45) is 7.05 Å². The van der Waals surface area contributed by atoms with Crippen LogP contribution in [0.5, 0.6) is 0 Å². The number of aromatic nitrogens is 2. The van der Waals surface area contributed by atoms with Gasteiger partial charge in [-0.05, 0) is 22.3 Å². The third-order valence-electron chi connectivity index (χ3n) is 5.04. The summed E-state index contributed by atoms with van der Waals surface area (Å²) < 4.78 is 6.80. The topological polar surface area (TPSA) is 123 Å². The smallest absolute Gasteiger partial charge is 0.412 e. The number of nitrogens with one attached hydrogen (secondary N) is 2. The van der Waals surface area contributed by atoms with E-state index >= 15 is 0 Å². The first-order valence-electron chi connectivity index (χ1n) is 9.59. The van der Waals surface area contributed by atoms with Gasteiger partial charge in [-0.1, -0.05) is 48.5 Å². The Balaban J connectivity index is 1.45. The fraction of sp³-hybridized carbons (Fsp3) is 0.182. The number of carboxylic acids is 1. The van der Waals surface area contributed by atoms with Gasteiger partial charge in [-0.3, -0.25) is 19.6 Å². The summed E-state index contributed by atoms with van der Waals surface area (Å²) in [6, 6.07) is 16.0. The van der Waals surface area contributed by atoms with Crippen molar-refractivity contribution in [1.82, 2.24) is 15.1 Å². The third-order valence-corrected chi connectivity index (χ3v) is 5.04. The van der Waals surface area contributed by atoms with Crippen molar-refractivity contribution in [3.05, 3.63) is 71.4 Å². The second-order valence-corrected chi connectivity index (χ2v) is 7.09. The second kappa shape index (κ2) is 8.31. The SMILES string of the molecule is Cn1cc(C(=O)NCC(=O)O)c(NC(=O)OCC2c3ccccc3-c3ccccc32)n1. The minimum Gasteiger partial charge on any atom is -0.480 e. The molecular weight excluding hydrogens is 400 g/mol. The van der Waals surface area contributed by atoms with Crippen molar-refractivity contribution in [2.45, 2.75) is 5.92 Å². The fourth-order valence-corrected chi connectivity index (χ4v) is 3.73. The molecule has 0 fully saturated rings. The van der Waals surface area contributed by atoms with Gasteiger partial charge in [0.05, 0.1) is 0 Å². The zero-order valence-corrected chi connectivity index (χ0v) is 16.7. The highest BCUT2D eigenvalue weighted by Crippen LogP contribution is 2.44. The number of hydrogen-bond donors (Lipinski definition) is 3. The summed E-state index contributed by atoms with van der Waals surface area (Å²) in [4.78, 5) is 35.3. The molecule has 0 unspecified atom stereocenters. The van der Waals surface area contributed by atoms with Crippen LogP contribution in [0.4, 0.5) is 10.6 Å². The van der Waals surface area contributed by atoms with Gasteiger partial charge in [0.2, 0.25) is 0 Å². The summed E-state index contributed by atoms with van der Waals surface area (Å²) in [5, 5.41) is 17.5. The molecule has 1 aromatic heterocycles. The fourth-order valence-electron chi connectivity index (χ4n) is 3.73. The summed E-state index contributed by atoms with van der Waals surface area (Å²) in [6.45, 7) is -0.425. The Morgan fingerprint density at radius 3 is 2.29 bits per heavy atom. The number of anilines is 1. The highest BCUT2D eigenvalue weighted by molar-refractivity contribution is 6.02. The predicted molar refractivity (Wildman–Crippen MR) is 112 cm³/mol. The van der Waals surface area contributed by atoms with Gasteiger partial charge in [-0.15, -0.1) is 0 Å². The first kappa shape index (κ1) is 20.1. The summed E-state index contributed by atoms with van der Waals surface area (Å²) >= 11 is 0. The number of aliphatic carboxylic acids is 1. The van der Waals surface area contributed by atoms with E-state index in [0.717, 1.165) is 22.3 Å². The van der Waals surface area contributed by atoms with E-state index in [-0.39, 0.29) is 23.9 Å². The van der Waals surface area contributed by atoms with Crippen LogP contribution in [0.3, 0.4) is 0 Å². The van der Waals surface area contributed by atoms with Crippen molar-refractivity contribution < 1.29 is 24.2 Å². The van der Waals surface area contributed by atoms with Crippen molar-refractivity contribution in [3.63, 3.8) is 0 Å². The molecule has 9 heteroatoms. The number of amides is 2. The number of fused-ring (bicyclic) bond motifs is 3. The van der Waals surface area contributed by atoms with Crippen LogP contribution in [0.25, 0.3) is 11.1 Å². The van der Waals surface area contributed by atoms with Crippen LogP contribution in [-0.4, -0.2) is 46.0 Å². The Morgan fingerprint density at radius 1 is 1.06 bits per heavy atom. The highest BCUT2D eigenvalue weighted by atomic mass is 16.5. The molecule has 0 saturated carbocycles. The quantitative estimate of drug-likeness (QED) is 0.563. The molecule has 0 atom stereocenters. The first-order valence-corrected chi connectivity index (χ1v) is 9.59. The van der Waals surface area contributed by atoms with E-state index in [0.29, 0.717) is 0 Å². The van der Waals surface area contributed by atoms with Crippen LogP contribution < -0.4 is 10.6 Å². The molecule has 4 rings (SSSR count). The Kier molecular flexibility index (Phi) is 5.40.